The van der Waals surface area contributed by atoms with Crippen molar-refractivity contribution in [3.05, 3.63) is 29.8 Å². The summed E-state index contributed by atoms with van der Waals surface area (Å²) in [7, 11) is 3.49. The van der Waals surface area contributed by atoms with Gasteiger partial charge in [-0.05, 0) is 33.8 Å². The molecule has 1 aromatic rings. The van der Waals surface area contributed by atoms with Crippen molar-refractivity contribution in [3.8, 4) is 5.75 Å². The van der Waals surface area contributed by atoms with E-state index >= 15 is 0 Å². The lowest BCUT2D eigenvalue weighted by Gasteiger charge is -2.45. The Balaban J connectivity index is 1.89. The zero-order valence-corrected chi connectivity index (χ0v) is 17.0. The molecule has 2 unspecified atom stereocenters. The number of benzene rings is 1. The molecule has 1 fully saturated rings. The van der Waals surface area contributed by atoms with E-state index in [1.165, 1.54) is 0 Å². The summed E-state index contributed by atoms with van der Waals surface area (Å²) in [5.41, 5.74) is 1.11. The quantitative estimate of drug-likeness (QED) is 0.600. The minimum Gasteiger partial charge on any atom is -0.496 e. The third-order valence-corrected chi connectivity index (χ3v) is 4.83. The van der Waals surface area contributed by atoms with Crippen LogP contribution in [0.3, 0.4) is 0 Å². The van der Waals surface area contributed by atoms with E-state index in [-0.39, 0.29) is 17.7 Å². The zero-order valence-electron chi connectivity index (χ0n) is 17.0. The van der Waals surface area contributed by atoms with Gasteiger partial charge in [-0.2, -0.15) is 0 Å². The van der Waals surface area contributed by atoms with Crippen LogP contribution in [0.2, 0.25) is 0 Å². The van der Waals surface area contributed by atoms with Gasteiger partial charge >= 0.3 is 0 Å². The smallest absolute Gasteiger partial charge is 0.191 e. The molecule has 2 N–H and O–H groups in total. The summed E-state index contributed by atoms with van der Waals surface area (Å²) in [6.45, 7) is 12.2. The Bertz CT molecular complexity index is 593. The second-order valence-corrected chi connectivity index (χ2v) is 7.57. The van der Waals surface area contributed by atoms with Crippen LogP contribution in [0.1, 0.15) is 33.3 Å². The number of hydrogen-bond donors (Lipinski definition) is 2. The highest BCUT2D eigenvalue weighted by Gasteiger charge is 2.33. The molecular formula is C20H34N4O2. The minimum atomic E-state index is 0.00829. The molecule has 2 atom stereocenters. The highest BCUT2D eigenvalue weighted by Crippen LogP contribution is 2.21. The van der Waals surface area contributed by atoms with E-state index in [2.05, 4.69) is 54.3 Å². The maximum atomic E-state index is 5.86. The molecule has 2 rings (SSSR count). The number of para-hydroxylation sites is 1. The second-order valence-electron chi connectivity index (χ2n) is 7.57. The molecule has 0 aromatic heterocycles. The number of nitrogens with zero attached hydrogens (tertiary/aromatic N) is 2. The van der Waals surface area contributed by atoms with Gasteiger partial charge in [0.15, 0.2) is 5.96 Å². The van der Waals surface area contributed by atoms with Gasteiger partial charge in [0.05, 0.1) is 19.3 Å². The lowest BCUT2D eigenvalue weighted by Crippen LogP contribution is -2.59. The number of hydrogen-bond acceptors (Lipinski definition) is 4. The van der Waals surface area contributed by atoms with E-state index in [4.69, 9.17) is 9.47 Å². The first kappa shape index (κ1) is 20.5. The van der Waals surface area contributed by atoms with E-state index in [9.17, 15) is 0 Å². The topological polar surface area (TPSA) is 58.1 Å². The normalized spacial score (nSPS) is 22.2. The molecule has 0 radical (unpaired) electrons. The van der Waals surface area contributed by atoms with Crippen LogP contribution in [0, 0.1) is 0 Å². The average Bonchev–Trinajstić information content (AvgIpc) is 2.61. The van der Waals surface area contributed by atoms with Crippen LogP contribution in [0.5, 0.6) is 5.75 Å². The molecule has 1 saturated heterocycles. The van der Waals surface area contributed by atoms with Crippen LogP contribution in [0.4, 0.5) is 0 Å². The van der Waals surface area contributed by atoms with Gasteiger partial charge in [-0.25, -0.2) is 0 Å². The van der Waals surface area contributed by atoms with Gasteiger partial charge in [-0.3, -0.25) is 9.89 Å². The van der Waals surface area contributed by atoms with Crippen molar-refractivity contribution in [2.75, 3.05) is 33.8 Å². The van der Waals surface area contributed by atoms with Crippen molar-refractivity contribution in [1.82, 2.24) is 15.5 Å². The Hall–Kier alpha value is -1.79. The number of methoxy groups -OCH3 is 1. The van der Waals surface area contributed by atoms with Gasteiger partial charge in [0.2, 0.25) is 0 Å². The average molecular weight is 363 g/mol. The fourth-order valence-corrected chi connectivity index (χ4v) is 3.33. The third-order valence-electron chi connectivity index (χ3n) is 4.83. The van der Waals surface area contributed by atoms with Crippen molar-refractivity contribution in [2.45, 2.75) is 52.0 Å². The highest BCUT2D eigenvalue weighted by molar-refractivity contribution is 5.79. The van der Waals surface area contributed by atoms with Gasteiger partial charge in [0.1, 0.15) is 5.75 Å². The number of guanidine groups is 1. The molecule has 0 spiro atoms. The predicted octanol–water partition coefficient (Wildman–Crippen LogP) is 2.25. The first-order valence-electron chi connectivity index (χ1n) is 9.32. The predicted molar refractivity (Wildman–Crippen MR) is 107 cm³/mol. The van der Waals surface area contributed by atoms with Crippen molar-refractivity contribution >= 4 is 5.96 Å². The first-order chi connectivity index (χ1) is 12.4. The maximum absolute atomic E-state index is 5.86. The van der Waals surface area contributed by atoms with Gasteiger partial charge < -0.3 is 20.1 Å². The lowest BCUT2D eigenvalue weighted by atomic mass is 10.00. The number of ether oxygens (including phenoxy) is 2. The van der Waals surface area contributed by atoms with E-state index < -0.39 is 0 Å². The van der Waals surface area contributed by atoms with Crippen molar-refractivity contribution in [3.63, 3.8) is 0 Å². The highest BCUT2D eigenvalue weighted by atomic mass is 16.5. The van der Waals surface area contributed by atoms with Crippen LogP contribution in [0.15, 0.2) is 29.3 Å². The Labute approximate surface area is 158 Å². The monoisotopic (exact) mass is 362 g/mol. The molecule has 146 valence electrons. The molecule has 1 aliphatic heterocycles. The Kier molecular flexibility index (Phi) is 7.29. The Morgan fingerprint density at radius 2 is 1.88 bits per heavy atom. The second kappa shape index (κ2) is 9.24. The van der Waals surface area contributed by atoms with Crippen molar-refractivity contribution in [1.29, 1.82) is 0 Å². The molecule has 1 heterocycles. The van der Waals surface area contributed by atoms with Gasteiger partial charge in [-0.1, -0.05) is 18.2 Å². The van der Waals surface area contributed by atoms with Gasteiger partial charge in [0, 0.05) is 44.3 Å². The summed E-state index contributed by atoms with van der Waals surface area (Å²) in [4.78, 5) is 6.84. The van der Waals surface area contributed by atoms with Crippen LogP contribution < -0.4 is 15.4 Å². The zero-order chi connectivity index (χ0) is 19.2. The number of nitrogens with one attached hydrogen (secondary N) is 2. The largest absolute Gasteiger partial charge is 0.496 e. The van der Waals surface area contributed by atoms with E-state index in [1.807, 2.05) is 18.2 Å². The molecule has 0 aliphatic carbocycles. The third kappa shape index (κ3) is 5.61. The molecule has 6 nitrogen and oxygen atoms in total. The minimum absolute atomic E-state index is 0.00829. The van der Waals surface area contributed by atoms with Crippen LogP contribution >= 0.6 is 0 Å². The molecular weight excluding hydrogens is 328 g/mol. The Morgan fingerprint density at radius 1 is 1.23 bits per heavy atom. The van der Waals surface area contributed by atoms with Crippen LogP contribution in [-0.4, -0.2) is 62.4 Å². The fourth-order valence-electron chi connectivity index (χ4n) is 3.33. The number of rotatable bonds is 6. The van der Waals surface area contributed by atoms with E-state index in [0.29, 0.717) is 6.54 Å². The molecule has 0 amide bonds. The summed E-state index contributed by atoms with van der Waals surface area (Å²) in [6, 6.07) is 8.01. The van der Waals surface area contributed by atoms with E-state index in [0.717, 1.165) is 36.9 Å². The molecule has 0 bridgehead atoms. The van der Waals surface area contributed by atoms with Crippen molar-refractivity contribution in [2.24, 2.45) is 4.99 Å². The van der Waals surface area contributed by atoms with E-state index in [1.54, 1.807) is 14.2 Å². The Morgan fingerprint density at radius 3 is 2.50 bits per heavy atom. The van der Waals surface area contributed by atoms with Gasteiger partial charge in [0.25, 0.3) is 0 Å². The van der Waals surface area contributed by atoms with Crippen LogP contribution in [0.25, 0.3) is 0 Å². The SMILES string of the molecule is CN=C(NCc1ccccc1OC)NCC(C)(C)N1CC(C)OC(C)C1. The van der Waals surface area contributed by atoms with Crippen molar-refractivity contribution < 1.29 is 9.47 Å². The fraction of sp³-hybridized carbons (Fsp3) is 0.650. The summed E-state index contributed by atoms with van der Waals surface area (Å²) in [6.07, 6.45) is 0.530. The van der Waals surface area contributed by atoms with Crippen LogP contribution in [-0.2, 0) is 11.3 Å². The van der Waals surface area contributed by atoms with Gasteiger partial charge in [-0.15, -0.1) is 0 Å². The summed E-state index contributed by atoms with van der Waals surface area (Å²) < 4.78 is 11.3. The summed E-state index contributed by atoms with van der Waals surface area (Å²) in [5, 5.41) is 6.83. The standard InChI is InChI=1S/C20H34N4O2/c1-15-12-24(13-16(2)26-15)20(3,4)14-23-19(21-5)22-11-17-9-7-8-10-18(17)25-6/h7-10,15-16H,11-14H2,1-6H3,(H2,21,22,23). The molecule has 26 heavy (non-hydrogen) atoms. The first-order valence-corrected chi connectivity index (χ1v) is 9.32. The molecule has 1 aliphatic rings. The summed E-state index contributed by atoms with van der Waals surface area (Å²) >= 11 is 0. The lowest BCUT2D eigenvalue weighted by molar-refractivity contribution is -0.0946. The summed E-state index contributed by atoms with van der Waals surface area (Å²) in [5.74, 6) is 1.67. The molecule has 6 heteroatoms. The molecule has 1 aromatic carbocycles. The number of aliphatic imine (C=N–C) groups is 1. The maximum Gasteiger partial charge on any atom is 0.191 e. The molecule has 0 saturated carbocycles. The number of morpholine rings is 1.